The van der Waals surface area contributed by atoms with E-state index in [1.807, 2.05) is 66.3 Å². The molecule has 0 saturated carbocycles. The summed E-state index contributed by atoms with van der Waals surface area (Å²) in [7, 11) is 0. The average molecular weight is 363 g/mol. The minimum Gasteiger partial charge on any atom is -0.454 e. The number of carbonyl (C=O) groups is 1. The average Bonchev–Trinajstić information content (AvgIpc) is 3.37. The molecule has 0 saturated heterocycles. The molecule has 1 aliphatic heterocycles. The van der Waals surface area contributed by atoms with Crippen molar-refractivity contribution >= 4 is 5.91 Å². The number of nitrogens with one attached hydrogen (secondary N) is 1. The number of nitrogens with zero attached hydrogens (tertiary/aromatic N) is 2. The van der Waals surface area contributed by atoms with Crippen LogP contribution in [0, 0.1) is 0 Å². The van der Waals surface area contributed by atoms with Crippen LogP contribution in [-0.4, -0.2) is 22.5 Å². The molecule has 0 spiro atoms. The Bertz CT molecular complexity index is 938. The van der Waals surface area contributed by atoms with Crippen molar-refractivity contribution in [1.29, 1.82) is 0 Å². The van der Waals surface area contributed by atoms with Crippen LogP contribution in [0.1, 0.15) is 30.5 Å². The van der Waals surface area contributed by atoms with Crippen LogP contribution in [0.25, 0.3) is 5.69 Å². The Labute approximate surface area is 157 Å². The first-order valence-electron chi connectivity index (χ1n) is 8.97. The number of para-hydroxylation sites is 1. The Morgan fingerprint density at radius 2 is 2.04 bits per heavy atom. The van der Waals surface area contributed by atoms with Crippen molar-refractivity contribution in [3.8, 4) is 17.2 Å². The molecule has 6 heteroatoms. The molecule has 138 valence electrons. The van der Waals surface area contributed by atoms with Crippen molar-refractivity contribution in [3.63, 3.8) is 0 Å². The third kappa shape index (κ3) is 3.79. The van der Waals surface area contributed by atoms with Gasteiger partial charge in [-0.3, -0.25) is 4.79 Å². The van der Waals surface area contributed by atoms with Crippen LogP contribution in [0.3, 0.4) is 0 Å². The zero-order valence-electron chi connectivity index (χ0n) is 15.1. The van der Waals surface area contributed by atoms with E-state index in [1.54, 1.807) is 6.20 Å². The van der Waals surface area contributed by atoms with Gasteiger partial charge in [0.05, 0.1) is 11.7 Å². The second kappa shape index (κ2) is 7.53. The molecule has 27 heavy (non-hydrogen) atoms. The Kier molecular flexibility index (Phi) is 4.78. The van der Waals surface area contributed by atoms with Crippen molar-refractivity contribution in [2.24, 2.45) is 0 Å². The summed E-state index contributed by atoms with van der Waals surface area (Å²) in [5.41, 5.74) is 3.04. The van der Waals surface area contributed by atoms with E-state index in [9.17, 15) is 4.79 Å². The fourth-order valence-corrected chi connectivity index (χ4v) is 3.22. The summed E-state index contributed by atoms with van der Waals surface area (Å²) >= 11 is 0. The molecule has 1 aromatic heterocycles. The van der Waals surface area contributed by atoms with E-state index in [-0.39, 0.29) is 18.7 Å². The maximum atomic E-state index is 12.4. The van der Waals surface area contributed by atoms with Crippen molar-refractivity contribution in [3.05, 3.63) is 72.1 Å². The smallest absolute Gasteiger partial charge is 0.231 e. The first kappa shape index (κ1) is 17.1. The zero-order chi connectivity index (χ0) is 18.6. The quantitative estimate of drug-likeness (QED) is 0.729. The first-order valence-corrected chi connectivity index (χ1v) is 8.97. The SMILES string of the molecule is CC(NC(=O)CCc1ccc2c(c1)OCO2)c1ccccc1-n1cccn1. The van der Waals surface area contributed by atoms with Gasteiger partial charge < -0.3 is 14.8 Å². The maximum Gasteiger partial charge on any atom is 0.231 e. The minimum atomic E-state index is -0.116. The number of fused-ring (bicyclic) bond motifs is 1. The van der Waals surface area contributed by atoms with Crippen LogP contribution >= 0.6 is 0 Å². The number of aryl methyl sites for hydroxylation is 1. The molecule has 0 aliphatic carbocycles. The number of benzene rings is 2. The second-order valence-electron chi connectivity index (χ2n) is 6.49. The van der Waals surface area contributed by atoms with E-state index < -0.39 is 0 Å². The second-order valence-corrected chi connectivity index (χ2v) is 6.49. The van der Waals surface area contributed by atoms with Gasteiger partial charge in [0.15, 0.2) is 11.5 Å². The highest BCUT2D eigenvalue weighted by Gasteiger charge is 2.16. The van der Waals surface area contributed by atoms with Crippen LogP contribution in [0.15, 0.2) is 60.9 Å². The molecular formula is C21H21N3O3. The minimum absolute atomic E-state index is 0.00966. The highest BCUT2D eigenvalue weighted by Crippen LogP contribution is 2.32. The molecule has 4 rings (SSSR count). The lowest BCUT2D eigenvalue weighted by atomic mass is 10.0. The van der Waals surface area contributed by atoms with Gasteiger partial charge in [-0.1, -0.05) is 24.3 Å². The van der Waals surface area contributed by atoms with Gasteiger partial charge in [0.2, 0.25) is 12.7 Å². The largest absolute Gasteiger partial charge is 0.454 e. The summed E-state index contributed by atoms with van der Waals surface area (Å²) in [6.45, 7) is 2.24. The Morgan fingerprint density at radius 1 is 1.19 bits per heavy atom. The van der Waals surface area contributed by atoms with E-state index >= 15 is 0 Å². The lowest BCUT2D eigenvalue weighted by Crippen LogP contribution is -2.27. The third-order valence-corrected chi connectivity index (χ3v) is 4.61. The summed E-state index contributed by atoms with van der Waals surface area (Å²) in [4.78, 5) is 12.4. The van der Waals surface area contributed by atoms with E-state index in [1.165, 1.54) is 0 Å². The van der Waals surface area contributed by atoms with Gasteiger partial charge in [-0.2, -0.15) is 5.10 Å². The maximum absolute atomic E-state index is 12.4. The molecule has 0 bridgehead atoms. The van der Waals surface area contributed by atoms with Gasteiger partial charge in [-0.05, 0) is 48.7 Å². The number of rotatable bonds is 6. The standard InChI is InChI=1S/C21H21N3O3/c1-15(17-5-2-3-6-18(17)24-12-4-11-22-24)23-21(25)10-8-16-7-9-19-20(13-16)27-14-26-19/h2-7,9,11-13,15H,8,10,14H2,1H3,(H,23,25). The van der Waals surface area contributed by atoms with Crippen molar-refractivity contribution in [1.82, 2.24) is 15.1 Å². The predicted octanol–water partition coefficient (Wildman–Crippen LogP) is 3.41. The monoisotopic (exact) mass is 363 g/mol. The molecule has 3 aromatic rings. The van der Waals surface area contributed by atoms with E-state index in [0.717, 1.165) is 28.3 Å². The molecule has 1 amide bonds. The summed E-state index contributed by atoms with van der Waals surface area (Å²) < 4.78 is 12.5. The summed E-state index contributed by atoms with van der Waals surface area (Å²) in [6, 6.07) is 15.5. The number of ether oxygens (including phenoxy) is 2. The summed E-state index contributed by atoms with van der Waals surface area (Å²) in [6.07, 6.45) is 4.70. The topological polar surface area (TPSA) is 65.4 Å². The van der Waals surface area contributed by atoms with Gasteiger partial charge in [0.25, 0.3) is 0 Å². The molecule has 1 atom stereocenters. The van der Waals surface area contributed by atoms with Gasteiger partial charge >= 0.3 is 0 Å². The summed E-state index contributed by atoms with van der Waals surface area (Å²) in [5, 5.41) is 7.38. The normalized spacial score (nSPS) is 13.4. The van der Waals surface area contributed by atoms with E-state index in [0.29, 0.717) is 12.8 Å². The fraction of sp³-hybridized carbons (Fsp3) is 0.238. The fourth-order valence-electron chi connectivity index (χ4n) is 3.22. The van der Waals surface area contributed by atoms with Crippen LogP contribution in [-0.2, 0) is 11.2 Å². The number of carbonyl (C=O) groups excluding carboxylic acids is 1. The molecule has 2 aromatic carbocycles. The van der Waals surface area contributed by atoms with Gasteiger partial charge in [0.1, 0.15) is 0 Å². The van der Waals surface area contributed by atoms with E-state index in [2.05, 4.69) is 10.4 Å². The molecular weight excluding hydrogens is 342 g/mol. The Hall–Kier alpha value is -3.28. The molecule has 0 radical (unpaired) electrons. The van der Waals surface area contributed by atoms with Crippen molar-refractivity contribution < 1.29 is 14.3 Å². The van der Waals surface area contributed by atoms with Crippen LogP contribution in [0.5, 0.6) is 11.5 Å². The molecule has 0 fully saturated rings. The van der Waals surface area contributed by atoms with Crippen molar-refractivity contribution in [2.45, 2.75) is 25.8 Å². The van der Waals surface area contributed by atoms with Crippen molar-refractivity contribution in [2.75, 3.05) is 6.79 Å². The Balaban J connectivity index is 1.39. The van der Waals surface area contributed by atoms with Gasteiger partial charge in [-0.25, -0.2) is 4.68 Å². The number of amides is 1. The highest BCUT2D eigenvalue weighted by atomic mass is 16.7. The van der Waals surface area contributed by atoms with Crippen LogP contribution < -0.4 is 14.8 Å². The number of hydrogen-bond acceptors (Lipinski definition) is 4. The lowest BCUT2D eigenvalue weighted by molar-refractivity contribution is -0.121. The lowest BCUT2D eigenvalue weighted by Gasteiger charge is -2.18. The number of hydrogen-bond donors (Lipinski definition) is 1. The zero-order valence-corrected chi connectivity index (χ0v) is 15.1. The molecule has 1 N–H and O–H groups in total. The van der Waals surface area contributed by atoms with Gasteiger partial charge in [0, 0.05) is 18.8 Å². The molecule has 1 unspecified atom stereocenters. The van der Waals surface area contributed by atoms with Gasteiger partial charge in [-0.15, -0.1) is 0 Å². The highest BCUT2D eigenvalue weighted by molar-refractivity contribution is 5.77. The molecule has 2 heterocycles. The predicted molar refractivity (Wildman–Crippen MR) is 101 cm³/mol. The summed E-state index contributed by atoms with van der Waals surface area (Å²) in [5.74, 6) is 1.51. The third-order valence-electron chi connectivity index (χ3n) is 4.61. The molecule has 6 nitrogen and oxygen atoms in total. The Morgan fingerprint density at radius 3 is 2.89 bits per heavy atom. The van der Waals surface area contributed by atoms with Crippen LogP contribution in [0.2, 0.25) is 0 Å². The number of aromatic nitrogens is 2. The van der Waals surface area contributed by atoms with E-state index in [4.69, 9.17) is 9.47 Å². The molecule has 1 aliphatic rings. The van der Waals surface area contributed by atoms with Crippen LogP contribution in [0.4, 0.5) is 0 Å². The first-order chi connectivity index (χ1) is 13.2.